The first-order valence-corrected chi connectivity index (χ1v) is 11.9. The highest BCUT2D eigenvalue weighted by Crippen LogP contribution is 2.29. The lowest BCUT2D eigenvalue weighted by molar-refractivity contribution is -0.148. The fourth-order valence-electron chi connectivity index (χ4n) is 4.44. The molecule has 1 aromatic heterocycles. The second-order valence-corrected chi connectivity index (χ2v) is 8.99. The van der Waals surface area contributed by atoms with Crippen molar-refractivity contribution in [3.05, 3.63) is 82.7 Å². The summed E-state index contributed by atoms with van der Waals surface area (Å²) < 4.78 is 82.3. The molecule has 2 aromatic carbocycles. The Bertz CT molecular complexity index is 1350. The molecule has 2 unspecified atom stereocenters. The quantitative estimate of drug-likeness (QED) is 0.330. The Morgan fingerprint density at radius 2 is 1.69 bits per heavy atom. The molecule has 0 bridgehead atoms. The molecular weight excluding hydrogens is 530 g/mol. The van der Waals surface area contributed by atoms with Crippen molar-refractivity contribution >= 4 is 11.8 Å². The van der Waals surface area contributed by atoms with E-state index in [0.29, 0.717) is 17.7 Å². The summed E-state index contributed by atoms with van der Waals surface area (Å²) in [6.45, 7) is -0.508. The lowest BCUT2D eigenvalue weighted by Crippen LogP contribution is -2.46. The van der Waals surface area contributed by atoms with Crippen molar-refractivity contribution in [1.29, 1.82) is 0 Å². The first-order chi connectivity index (χ1) is 18.5. The van der Waals surface area contributed by atoms with E-state index in [1.54, 1.807) is 30.3 Å². The number of benzene rings is 2. The standard InChI is InChI=1S/C25H24F6N6O2/c1-32-23(39)22(14-5-3-2-4-6-14)33-16(9-15-10-18(27)19(28)12-17(15)26)11-21(38)36-7-8-37-20(13-36)34-35-24(37)25(29,30)31/h2-6,10,12,16,22,33H,7-9,11,13H2,1H3,(H,32,39). The Balaban J connectivity index is 1.59. The Labute approximate surface area is 219 Å². The largest absolute Gasteiger partial charge is 0.451 e. The van der Waals surface area contributed by atoms with Crippen LogP contribution in [0.5, 0.6) is 0 Å². The van der Waals surface area contributed by atoms with E-state index in [2.05, 4.69) is 20.8 Å². The summed E-state index contributed by atoms with van der Waals surface area (Å²) >= 11 is 0. The monoisotopic (exact) mass is 554 g/mol. The van der Waals surface area contributed by atoms with Crippen LogP contribution in [0.3, 0.4) is 0 Å². The van der Waals surface area contributed by atoms with Gasteiger partial charge in [-0.05, 0) is 23.6 Å². The van der Waals surface area contributed by atoms with Gasteiger partial charge < -0.3 is 14.8 Å². The highest BCUT2D eigenvalue weighted by Gasteiger charge is 2.40. The smallest absolute Gasteiger partial charge is 0.358 e. The molecule has 208 valence electrons. The molecule has 4 rings (SSSR count). The zero-order valence-corrected chi connectivity index (χ0v) is 20.6. The molecule has 39 heavy (non-hydrogen) atoms. The number of rotatable bonds is 8. The van der Waals surface area contributed by atoms with Gasteiger partial charge in [-0.1, -0.05) is 30.3 Å². The number of fused-ring (bicyclic) bond motifs is 1. The summed E-state index contributed by atoms with van der Waals surface area (Å²) in [5, 5.41) is 12.3. The minimum absolute atomic E-state index is 0.0504. The van der Waals surface area contributed by atoms with Crippen LogP contribution in [-0.2, 0) is 35.3 Å². The molecule has 0 saturated carbocycles. The number of carbonyl (C=O) groups is 2. The zero-order chi connectivity index (χ0) is 28.3. The summed E-state index contributed by atoms with van der Waals surface area (Å²) in [7, 11) is 1.41. The number of carbonyl (C=O) groups excluding carboxylic acids is 2. The maximum absolute atomic E-state index is 14.5. The van der Waals surface area contributed by atoms with Gasteiger partial charge in [-0.25, -0.2) is 13.2 Å². The van der Waals surface area contributed by atoms with Gasteiger partial charge in [0.05, 0.1) is 6.54 Å². The van der Waals surface area contributed by atoms with Gasteiger partial charge in [0.25, 0.3) is 0 Å². The van der Waals surface area contributed by atoms with Crippen LogP contribution in [0.25, 0.3) is 0 Å². The third kappa shape index (κ3) is 6.38. The number of nitrogens with one attached hydrogen (secondary N) is 2. The van der Waals surface area contributed by atoms with Crippen LogP contribution in [-0.4, -0.2) is 51.1 Å². The Morgan fingerprint density at radius 3 is 2.36 bits per heavy atom. The van der Waals surface area contributed by atoms with Gasteiger partial charge in [0.2, 0.25) is 17.6 Å². The number of amides is 2. The zero-order valence-electron chi connectivity index (χ0n) is 20.6. The van der Waals surface area contributed by atoms with E-state index in [0.717, 1.165) is 4.57 Å². The highest BCUT2D eigenvalue weighted by atomic mass is 19.4. The van der Waals surface area contributed by atoms with Crippen molar-refractivity contribution in [2.75, 3.05) is 13.6 Å². The number of alkyl halides is 3. The summed E-state index contributed by atoms with van der Waals surface area (Å²) in [5.74, 6) is -5.88. The minimum Gasteiger partial charge on any atom is -0.358 e. The van der Waals surface area contributed by atoms with Gasteiger partial charge in [-0.2, -0.15) is 13.2 Å². The second-order valence-electron chi connectivity index (χ2n) is 8.99. The van der Waals surface area contributed by atoms with Crippen molar-refractivity contribution in [2.45, 2.75) is 44.2 Å². The van der Waals surface area contributed by atoms with Crippen molar-refractivity contribution in [1.82, 2.24) is 30.3 Å². The molecule has 0 radical (unpaired) electrons. The number of hydrogen-bond donors (Lipinski definition) is 2. The topological polar surface area (TPSA) is 92.2 Å². The maximum atomic E-state index is 14.5. The Hall–Kier alpha value is -3.94. The molecule has 0 aliphatic carbocycles. The summed E-state index contributed by atoms with van der Waals surface area (Å²) in [5.41, 5.74) is 0.307. The molecule has 0 fully saturated rings. The van der Waals surface area contributed by atoms with Crippen LogP contribution in [0.2, 0.25) is 0 Å². The van der Waals surface area contributed by atoms with Gasteiger partial charge in [0.1, 0.15) is 11.9 Å². The molecular formula is C25H24F6N6O2. The first kappa shape index (κ1) is 28.1. The fourth-order valence-corrected chi connectivity index (χ4v) is 4.44. The Morgan fingerprint density at radius 1 is 1.00 bits per heavy atom. The number of likely N-dealkylation sites (N-methyl/N-ethyl adjacent to an activating group) is 1. The number of hydrogen-bond acceptors (Lipinski definition) is 5. The van der Waals surface area contributed by atoms with Crippen LogP contribution in [0.4, 0.5) is 26.3 Å². The summed E-state index contributed by atoms with van der Waals surface area (Å²) in [6, 6.07) is 7.60. The van der Waals surface area contributed by atoms with Crippen molar-refractivity contribution in [3.8, 4) is 0 Å². The third-order valence-corrected chi connectivity index (χ3v) is 6.38. The molecule has 14 heteroatoms. The van der Waals surface area contributed by atoms with Crippen molar-refractivity contribution in [3.63, 3.8) is 0 Å². The number of aromatic nitrogens is 3. The lowest BCUT2D eigenvalue weighted by Gasteiger charge is -2.31. The first-order valence-electron chi connectivity index (χ1n) is 11.9. The molecule has 1 aliphatic heterocycles. The predicted molar refractivity (Wildman–Crippen MR) is 125 cm³/mol. The van der Waals surface area contributed by atoms with Crippen molar-refractivity contribution in [2.24, 2.45) is 0 Å². The molecule has 2 heterocycles. The van der Waals surface area contributed by atoms with Gasteiger partial charge >= 0.3 is 6.18 Å². The van der Waals surface area contributed by atoms with E-state index in [4.69, 9.17) is 0 Å². The molecule has 0 spiro atoms. The molecule has 1 aliphatic rings. The third-order valence-electron chi connectivity index (χ3n) is 6.38. The van der Waals surface area contributed by atoms with Gasteiger partial charge in [-0.3, -0.25) is 14.9 Å². The molecule has 2 amide bonds. The van der Waals surface area contributed by atoms with Crippen LogP contribution in [0.15, 0.2) is 42.5 Å². The normalized spacial score (nSPS) is 15.0. The van der Waals surface area contributed by atoms with E-state index in [-0.39, 0.29) is 43.9 Å². The minimum atomic E-state index is -4.70. The number of halogens is 6. The average molecular weight is 554 g/mol. The van der Waals surface area contributed by atoms with Gasteiger partial charge in [0.15, 0.2) is 17.5 Å². The van der Waals surface area contributed by atoms with E-state index in [9.17, 15) is 35.9 Å². The van der Waals surface area contributed by atoms with Crippen LogP contribution >= 0.6 is 0 Å². The molecule has 2 atom stereocenters. The summed E-state index contributed by atoms with van der Waals surface area (Å²) in [6.07, 6.45) is -5.33. The average Bonchev–Trinajstić information content (AvgIpc) is 3.34. The molecule has 8 nitrogen and oxygen atoms in total. The fraction of sp³-hybridized carbons (Fsp3) is 0.360. The second kappa shape index (κ2) is 11.4. The van der Waals surface area contributed by atoms with E-state index in [1.807, 2.05) is 0 Å². The number of nitrogens with zero attached hydrogens (tertiary/aromatic N) is 4. The predicted octanol–water partition coefficient (Wildman–Crippen LogP) is 3.13. The molecule has 2 N–H and O–H groups in total. The Kier molecular flexibility index (Phi) is 8.23. The van der Waals surface area contributed by atoms with E-state index in [1.165, 1.54) is 11.9 Å². The highest BCUT2D eigenvalue weighted by molar-refractivity contribution is 5.83. The van der Waals surface area contributed by atoms with Gasteiger partial charge in [0, 0.05) is 38.7 Å². The maximum Gasteiger partial charge on any atom is 0.451 e. The van der Waals surface area contributed by atoms with Crippen LogP contribution in [0, 0.1) is 17.5 Å². The van der Waals surface area contributed by atoms with E-state index >= 15 is 0 Å². The summed E-state index contributed by atoms with van der Waals surface area (Å²) in [4.78, 5) is 27.2. The van der Waals surface area contributed by atoms with Crippen LogP contribution in [0.1, 0.15) is 35.2 Å². The van der Waals surface area contributed by atoms with Gasteiger partial charge in [-0.15, -0.1) is 10.2 Å². The van der Waals surface area contributed by atoms with Crippen LogP contribution < -0.4 is 10.6 Å². The van der Waals surface area contributed by atoms with E-state index < -0.39 is 53.4 Å². The lowest BCUT2D eigenvalue weighted by atomic mass is 9.98. The van der Waals surface area contributed by atoms with Crippen molar-refractivity contribution < 1.29 is 35.9 Å². The molecule has 0 saturated heterocycles. The molecule has 3 aromatic rings. The SMILES string of the molecule is CNC(=O)C(NC(CC(=O)N1CCn2c(nnc2C(F)(F)F)C1)Cc1cc(F)c(F)cc1F)c1ccccc1.